The minimum atomic E-state index is -0.256. The summed E-state index contributed by atoms with van der Waals surface area (Å²) in [5, 5.41) is 18.6. The van der Waals surface area contributed by atoms with Gasteiger partial charge in [-0.05, 0) is 25.5 Å². The van der Waals surface area contributed by atoms with Crippen molar-refractivity contribution in [3.63, 3.8) is 0 Å². The number of phenolic OH excluding ortho intramolecular Hbond substituents is 2. The Kier molecular flexibility index (Phi) is 4.63. The fourth-order valence-electron chi connectivity index (χ4n) is 1.41. The molecule has 0 saturated heterocycles. The van der Waals surface area contributed by atoms with Crippen molar-refractivity contribution in [2.75, 3.05) is 13.6 Å². The number of carbonyl (C=O) groups is 1. The van der Waals surface area contributed by atoms with Crippen LogP contribution in [0.25, 0.3) is 0 Å². The number of phenols is 2. The van der Waals surface area contributed by atoms with Crippen LogP contribution in [0.3, 0.4) is 0 Å². The second-order valence-electron chi connectivity index (χ2n) is 4.03. The van der Waals surface area contributed by atoms with Gasteiger partial charge in [-0.2, -0.15) is 0 Å². The Morgan fingerprint density at radius 1 is 1.35 bits per heavy atom. The summed E-state index contributed by atoms with van der Waals surface area (Å²) in [6.07, 6.45) is 0.689. The molecule has 1 unspecified atom stereocenters. The molecule has 0 radical (unpaired) electrons. The van der Waals surface area contributed by atoms with Gasteiger partial charge in [0.2, 0.25) is 0 Å². The molecule has 1 amide bonds. The molecule has 0 aliphatic heterocycles. The van der Waals surface area contributed by atoms with E-state index >= 15 is 0 Å². The molecule has 4 nitrogen and oxygen atoms in total. The molecule has 17 heavy (non-hydrogen) atoms. The lowest BCUT2D eigenvalue weighted by atomic mass is 10.1. The predicted molar refractivity (Wildman–Crippen MR) is 66.7 cm³/mol. The summed E-state index contributed by atoms with van der Waals surface area (Å²) in [6.45, 7) is 2.39. The zero-order chi connectivity index (χ0) is 13.0. The number of hydrogen-bond acceptors (Lipinski definition) is 3. The van der Waals surface area contributed by atoms with Crippen molar-refractivity contribution in [1.29, 1.82) is 0 Å². The maximum Gasteiger partial charge on any atom is 0.253 e. The normalized spacial score (nSPS) is 12.2. The number of amides is 1. The maximum absolute atomic E-state index is 11.9. The molecule has 2 N–H and O–H groups in total. The van der Waals surface area contributed by atoms with E-state index < -0.39 is 0 Å². The largest absolute Gasteiger partial charge is 0.508 e. The van der Waals surface area contributed by atoms with Gasteiger partial charge < -0.3 is 15.1 Å². The van der Waals surface area contributed by atoms with Gasteiger partial charge in [-0.1, -0.05) is 0 Å². The van der Waals surface area contributed by atoms with Gasteiger partial charge in [0.15, 0.2) is 0 Å². The van der Waals surface area contributed by atoms with E-state index in [9.17, 15) is 15.0 Å². The fourth-order valence-corrected chi connectivity index (χ4v) is 1.51. The van der Waals surface area contributed by atoms with Gasteiger partial charge in [-0.25, -0.2) is 0 Å². The van der Waals surface area contributed by atoms with Crippen molar-refractivity contribution >= 4 is 17.5 Å². The highest BCUT2D eigenvalue weighted by atomic mass is 35.5. The molecule has 1 atom stereocenters. The van der Waals surface area contributed by atoms with E-state index in [0.29, 0.717) is 13.0 Å². The number of alkyl halides is 1. The maximum atomic E-state index is 11.9. The monoisotopic (exact) mass is 257 g/mol. The molecule has 0 bridgehead atoms. The average Bonchev–Trinajstić information content (AvgIpc) is 2.23. The molecule has 1 aromatic rings. The molecule has 1 aromatic carbocycles. The SMILES string of the molecule is CC(Cl)CCN(C)C(=O)c1cc(O)cc(O)c1. The van der Waals surface area contributed by atoms with Gasteiger partial charge in [0.05, 0.1) is 0 Å². The lowest BCUT2D eigenvalue weighted by Crippen LogP contribution is -2.28. The number of hydrogen-bond donors (Lipinski definition) is 2. The van der Waals surface area contributed by atoms with E-state index in [4.69, 9.17) is 11.6 Å². The van der Waals surface area contributed by atoms with Crippen molar-refractivity contribution in [2.45, 2.75) is 18.7 Å². The minimum Gasteiger partial charge on any atom is -0.508 e. The molecule has 94 valence electrons. The molecule has 0 aromatic heterocycles. The average molecular weight is 258 g/mol. The first kappa shape index (κ1) is 13.6. The van der Waals surface area contributed by atoms with Gasteiger partial charge in [0, 0.05) is 30.6 Å². The van der Waals surface area contributed by atoms with Crippen LogP contribution < -0.4 is 0 Å². The van der Waals surface area contributed by atoms with Crippen molar-refractivity contribution in [3.8, 4) is 11.5 Å². The lowest BCUT2D eigenvalue weighted by Gasteiger charge is -2.18. The van der Waals surface area contributed by atoms with E-state index in [0.717, 1.165) is 0 Å². The highest BCUT2D eigenvalue weighted by molar-refractivity contribution is 6.20. The molecule has 0 fully saturated rings. The number of aromatic hydroxyl groups is 2. The van der Waals surface area contributed by atoms with Crippen LogP contribution in [0, 0.1) is 0 Å². The van der Waals surface area contributed by atoms with E-state index in [-0.39, 0.29) is 28.3 Å². The van der Waals surface area contributed by atoms with Gasteiger partial charge in [-0.3, -0.25) is 4.79 Å². The van der Waals surface area contributed by atoms with Crippen LogP contribution in [0.4, 0.5) is 0 Å². The lowest BCUT2D eigenvalue weighted by molar-refractivity contribution is 0.0793. The number of benzene rings is 1. The topological polar surface area (TPSA) is 60.8 Å². The molecular formula is C12H16ClNO3. The van der Waals surface area contributed by atoms with Crippen LogP contribution in [0.1, 0.15) is 23.7 Å². The second-order valence-corrected chi connectivity index (χ2v) is 4.78. The number of rotatable bonds is 4. The number of halogens is 1. The molecule has 0 spiro atoms. The third-order valence-corrected chi connectivity index (χ3v) is 2.58. The van der Waals surface area contributed by atoms with E-state index in [1.165, 1.54) is 23.1 Å². The number of carbonyl (C=O) groups excluding carboxylic acids is 1. The first-order chi connectivity index (χ1) is 7.90. The quantitative estimate of drug-likeness (QED) is 0.813. The van der Waals surface area contributed by atoms with Gasteiger partial charge in [-0.15, -0.1) is 11.6 Å². The molecule has 5 heteroatoms. The highest BCUT2D eigenvalue weighted by Crippen LogP contribution is 2.21. The Morgan fingerprint density at radius 2 is 1.88 bits per heavy atom. The van der Waals surface area contributed by atoms with Crippen LogP contribution in [0.2, 0.25) is 0 Å². The van der Waals surface area contributed by atoms with E-state index in [2.05, 4.69) is 0 Å². The smallest absolute Gasteiger partial charge is 0.253 e. The van der Waals surface area contributed by atoms with Crippen molar-refractivity contribution in [3.05, 3.63) is 23.8 Å². The first-order valence-corrected chi connectivity index (χ1v) is 5.76. The Morgan fingerprint density at radius 3 is 2.35 bits per heavy atom. The summed E-state index contributed by atoms with van der Waals surface area (Å²) in [6, 6.07) is 3.82. The summed E-state index contributed by atoms with van der Waals surface area (Å²) < 4.78 is 0. The van der Waals surface area contributed by atoms with Crippen LogP contribution >= 0.6 is 11.6 Å². The van der Waals surface area contributed by atoms with E-state index in [1.807, 2.05) is 6.92 Å². The molecule has 1 rings (SSSR count). The fraction of sp³-hybridized carbons (Fsp3) is 0.417. The Hall–Kier alpha value is -1.42. The summed E-state index contributed by atoms with van der Waals surface area (Å²) in [4.78, 5) is 13.4. The number of nitrogens with zero attached hydrogens (tertiary/aromatic N) is 1. The molecule has 0 saturated carbocycles. The van der Waals surface area contributed by atoms with Crippen molar-refractivity contribution in [1.82, 2.24) is 4.90 Å². The second kappa shape index (κ2) is 5.77. The summed E-state index contributed by atoms with van der Waals surface area (Å²) in [5.41, 5.74) is 0.257. The molecule has 0 aliphatic carbocycles. The molecule has 0 aliphatic rings. The van der Waals surface area contributed by atoms with Crippen molar-refractivity contribution in [2.24, 2.45) is 0 Å². The molecular weight excluding hydrogens is 242 g/mol. The van der Waals surface area contributed by atoms with Gasteiger partial charge in [0.25, 0.3) is 5.91 Å². The minimum absolute atomic E-state index is 0.00262. The van der Waals surface area contributed by atoms with Crippen LogP contribution in [-0.2, 0) is 0 Å². The van der Waals surface area contributed by atoms with Crippen molar-refractivity contribution < 1.29 is 15.0 Å². The Labute approximate surface area is 105 Å². The Bertz CT molecular complexity index is 386. The highest BCUT2D eigenvalue weighted by Gasteiger charge is 2.13. The third-order valence-electron chi connectivity index (χ3n) is 2.36. The first-order valence-electron chi connectivity index (χ1n) is 5.32. The Balaban J connectivity index is 2.74. The predicted octanol–water partition coefficient (Wildman–Crippen LogP) is 2.19. The third kappa shape index (κ3) is 4.15. The summed E-state index contributed by atoms with van der Waals surface area (Å²) in [5.74, 6) is -0.520. The van der Waals surface area contributed by atoms with Gasteiger partial charge in [0.1, 0.15) is 11.5 Å². The zero-order valence-corrected chi connectivity index (χ0v) is 10.6. The summed E-state index contributed by atoms with van der Waals surface area (Å²) >= 11 is 5.81. The van der Waals surface area contributed by atoms with Gasteiger partial charge >= 0.3 is 0 Å². The zero-order valence-electron chi connectivity index (χ0n) is 9.85. The summed E-state index contributed by atoms with van der Waals surface area (Å²) in [7, 11) is 1.66. The van der Waals surface area contributed by atoms with Crippen LogP contribution in [-0.4, -0.2) is 40.0 Å². The van der Waals surface area contributed by atoms with E-state index in [1.54, 1.807) is 7.05 Å². The van der Waals surface area contributed by atoms with Crippen LogP contribution in [0.15, 0.2) is 18.2 Å². The van der Waals surface area contributed by atoms with Crippen LogP contribution in [0.5, 0.6) is 11.5 Å². The molecule has 0 heterocycles. The standard InChI is InChI=1S/C12H16ClNO3/c1-8(13)3-4-14(2)12(17)9-5-10(15)7-11(16)6-9/h5-8,15-16H,3-4H2,1-2H3.